The van der Waals surface area contributed by atoms with Crippen molar-refractivity contribution in [3.05, 3.63) is 131 Å². The van der Waals surface area contributed by atoms with E-state index in [1.165, 1.54) is 13.3 Å². The van der Waals surface area contributed by atoms with Crippen LogP contribution >= 0.6 is 0 Å². The Bertz CT molecular complexity index is 1350. The van der Waals surface area contributed by atoms with Crippen LogP contribution in [0.25, 0.3) is 0 Å². The molecule has 4 aromatic rings. The number of carbonyl (C=O) groups is 2. The van der Waals surface area contributed by atoms with Crippen LogP contribution in [0, 0.1) is 0 Å². The minimum atomic E-state index is -0.385. The summed E-state index contributed by atoms with van der Waals surface area (Å²) in [7, 11) is 1.35. The van der Waals surface area contributed by atoms with Crippen LogP contribution in [-0.2, 0) is 18.0 Å². The van der Waals surface area contributed by atoms with Gasteiger partial charge < -0.3 is 14.2 Å². The van der Waals surface area contributed by atoms with E-state index >= 15 is 0 Å². The Balaban J connectivity index is 1.30. The fourth-order valence-corrected chi connectivity index (χ4v) is 3.40. The zero-order valence-corrected chi connectivity index (χ0v) is 20.3. The van der Waals surface area contributed by atoms with Crippen molar-refractivity contribution in [2.75, 3.05) is 7.11 Å². The summed E-state index contributed by atoms with van der Waals surface area (Å²) < 4.78 is 16.4. The second-order valence-electron chi connectivity index (χ2n) is 8.01. The van der Waals surface area contributed by atoms with Gasteiger partial charge in [-0.25, -0.2) is 10.2 Å². The Morgan fingerprint density at radius 2 is 1.32 bits per heavy atom. The lowest BCUT2D eigenvalue weighted by molar-refractivity contribution is 0.0600. The lowest BCUT2D eigenvalue weighted by Crippen LogP contribution is -2.17. The van der Waals surface area contributed by atoms with E-state index < -0.39 is 0 Å². The molecule has 0 saturated heterocycles. The number of benzene rings is 4. The van der Waals surface area contributed by atoms with Crippen molar-refractivity contribution in [2.45, 2.75) is 13.2 Å². The molecule has 0 aliphatic carbocycles. The summed E-state index contributed by atoms with van der Waals surface area (Å²) in [5.41, 5.74) is 6.07. The second-order valence-corrected chi connectivity index (χ2v) is 8.01. The summed E-state index contributed by atoms with van der Waals surface area (Å²) in [6, 6.07) is 31.1. The number of hydrazone groups is 1. The van der Waals surface area contributed by atoms with E-state index in [0.717, 1.165) is 16.9 Å². The summed E-state index contributed by atoms with van der Waals surface area (Å²) in [6.45, 7) is 0.718. The molecule has 0 saturated carbocycles. The molecule has 0 radical (unpaired) electrons. The lowest BCUT2D eigenvalue weighted by Gasteiger charge is -2.09. The maximum absolute atomic E-state index is 12.5. The number of nitrogens with one attached hydrogen (secondary N) is 1. The highest BCUT2D eigenvalue weighted by Crippen LogP contribution is 2.18. The van der Waals surface area contributed by atoms with Crippen molar-refractivity contribution in [2.24, 2.45) is 5.10 Å². The van der Waals surface area contributed by atoms with Gasteiger partial charge in [0, 0.05) is 11.1 Å². The van der Waals surface area contributed by atoms with Gasteiger partial charge in [0.05, 0.1) is 18.9 Å². The van der Waals surface area contributed by atoms with Gasteiger partial charge in [-0.15, -0.1) is 0 Å². The molecule has 4 rings (SSSR count). The predicted octanol–water partition coefficient (Wildman–Crippen LogP) is 5.40. The molecule has 0 spiro atoms. The molecule has 0 atom stereocenters. The van der Waals surface area contributed by atoms with Gasteiger partial charge in [0.15, 0.2) is 0 Å². The molecule has 0 fully saturated rings. The Hall–Kier alpha value is -4.91. The van der Waals surface area contributed by atoms with Crippen LogP contribution in [-0.4, -0.2) is 25.2 Å². The molecule has 0 bridgehead atoms. The van der Waals surface area contributed by atoms with E-state index in [9.17, 15) is 9.59 Å². The first-order valence-electron chi connectivity index (χ1n) is 11.6. The molecular weight excluding hydrogens is 468 g/mol. The second kappa shape index (κ2) is 12.7. The van der Waals surface area contributed by atoms with Crippen LogP contribution in [0.5, 0.6) is 11.5 Å². The van der Waals surface area contributed by atoms with Crippen LogP contribution in [0.1, 0.15) is 37.4 Å². The molecule has 4 aromatic carbocycles. The topological polar surface area (TPSA) is 86.2 Å². The van der Waals surface area contributed by atoms with Crippen LogP contribution in [0.2, 0.25) is 0 Å². The summed E-state index contributed by atoms with van der Waals surface area (Å²) in [5, 5.41) is 4.09. The number of hydrogen-bond acceptors (Lipinski definition) is 6. The van der Waals surface area contributed by atoms with Gasteiger partial charge in [0.25, 0.3) is 5.91 Å². The van der Waals surface area contributed by atoms with Crippen LogP contribution in [0.4, 0.5) is 0 Å². The van der Waals surface area contributed by atoms with Crippen molar-refractivity contribution in [3.8, 4) is 11.5 Å². The van der Waals surface area contributed by atoms with Crippen molar-refractivity contribution < 1.29 is 23.8 Å². The molecule has 1 N–H and O–H groups in total. The van der Waals surface area contributed by atoms with E-state index in [0.29, 0.717) is 35.7 Å². The molecular formula is C30H26N2O5. The Labute approximate surface area is 215 Å². The third-order valence-corrected chi connectivity index (χ3v) is 5.42. The highest BCUT2D eigenvalue weighted by atomic mass is 16.5. The fourth-order valence-electron chi connectivity index (χ4n) is 3.40. The molecule has 0 heterocycles. The Morgan fingerprint density at radius 1 is 0.730 bits per heavy atom. The maximum Gasteiger partial charge on any atom is 0.337 e. The Morgan fingerprint density at radius 3 is 2.00 bits per heavy atom. The zero-order valence-electron chi connectivity index (χ0n) is 20.3. The average molecular weight is 495 g/mol. The smallest absolute Gasteiger partial charge is 0.337 e. The van der Waals surface area contributed by atoms with Crippen molar-refractivity contribution in [1.82, 2.24) is 5.43 Å². The van der Waals surface area contributed by atoms with E-state index in [2.05, 4.69) is 10.5 Å². The Kier molecular flexibility index (Phi) is 8.64. The number of amides is 1. The summed E-state index contributed by atoms with van der Waals surface area (Å²) in [6.07, 6.45) is 1.54. The predicted molar refractivity (Wildman–Crippen MR) is 141 cm³/mol. The molecule has 7 heteroatoms. The highest BCUT2D eigenvalue weighted by Gasteiger charge is 2.07. The number of ether oxygens (including phenoxy) is 3. The van der Waals surface area contributed by atoms with Crippen LogP contribution < -0.4 is 14.9 Å². The number of rotatable bonds is 10. The van der Waals surface area contributed by atoms with Gasteiger partial charge in [0.2, 0.25) is 0 Å². The molecule has 0 unspecified atom stereocenters. The van der Waals surface area contributed by atoms with E-state index in [-0.39, 0.29) is 11.9 Å². The van der Waals surface area contributed by atoms with Gasteiger partial charge in [-0.3, -0.25) is 4.79 Å². The largest absolute Gasteiger partial charge is 0.489 e. The van der Waals surface area contributed by atoms with Gasteiger partial charge in [-0.1, -0.05) is 54.6 Å². The van der Waals surface area contributed by atoms with E-state index in [1.807, 2.05) is 78.9 Å². The lowest BCUT2D eigenvalue weighted by atomic mass is 10.1. The van der Waals surface area contributed by atoms with E-state index in [1.54, 1.807) is 24.3 Å². The minimum absolute atomic E-state index is 0.305. The molecule has 7 nitrogen and oxygen atoms in total. The molecule has 0 aliphatic heterocycles. The van der Waals surface area contributed by atoms with Gasteiger partial charge in [0.1, 0.15) is 24.7 Å². The summed E-state index contributed by atoms with van der Waals surface area (Å²) >= 11 is 0. The zero-order chi connectivity index (χ0) is 25.9. The maximum atomic E-state index is 12.5. The third-order valence-electron chi connectivity index (χ3n) is 5.42. The number of methoxy groups -OCH3 is 1. The number of esters is 1. The molecule has 1 amide bonds. The molecule has 0 aliphatic rings. The standard InChI is InChI=1S/C30H26N2O5/c1-35-30(34)25-17-13-23(14-18-25)21-37-28-10-6-5-7-26(28)19-31-32-29(33)24-15-11-22(12-16-24)20-36-27-8-3-2-4-9-27/h2-19H,20-21H2,1H3,(H,32,33). The van der Waals surface area contributed by atoms with E-state index in [4.69, 9.17) is 14.2 Å². The summed E-state index contributed by atoms with van der Waals surface area (Å²) in [5.74, 6) is 0.694. The molecule has 186 valence electrons. The first kappa shape index (κ1) is 25.2. The first-order chi connectivity index (χ1) is 18.1. The number of para-hydroxylation sites is 2. The average Bonchev–Trinajstić information content (AvgIpc) is 2.96. The minimum Gasteiger partial charge on any atom is -0.489 e. The van der Waals surface area contributed by atoms with Gasteiger partial charge in [-0.2, -0.15) is 5.10 Å². The monoisotopic (exact) mass is 494 g/mol. The normalized spacial score (nSPS) is 10.6. The van der Waals surface area contributed by atoms with Gasteiger partial charge in [-0.05, 0) is 59.7 Å². The molecule has 37 heavy (non-hydrogen) atoms. The quantitative estimate of drug-likeness (QED) is 0.181. The third kappa shape index (κ3) is 7.29. The van der Waals surface area contributed by atoms with Crippen molar-refractivity contribution in [1.29, 1.82) is 0 Å². The number of nitrogens with zero attached hydrogens (tertiary/aromatic N) is 1. The number of carbonyl (C=O) groups excluding carboxylic acids is 2. The van der Waals surface area contributed by atoms with Gasteiger partial charge >= 0.3 is 5.97 Å². The van der Waals surface area contributed by atoms with Crippen molar-refractivity contribution in [3.63, 3.8) is 0 Å². The first-order valence-corrected chi connectivity index (χ1v) is 11.6. The van der Waals surface area contributed by atoms with Crippen LogP contribution in [0.15, 0.2) is 108 Å². The SMILES string of the molecule is COC(=O)c1ccc(COc2ccccc2C=NNC(=O)c2ccc(COc3ccccc3)cc2)cc1. The molecule has 0 aromatic heterocycles. The highest BCUT2D eigenvalue weighted by molar-refractivity contribution is 5.95. The number of hydrogen-bond donors (Lipinski definition) is 1. The fraction of sp³-hybridized carbons (Fsp3) is 0.100. The van der Waals surface area contributed by atoms with Crippen LogP contribution in [0.3, 0.4) is 0 Å². The van der Waals surface area contributed by atoms with Crippen molar-refractivity contribution >= 4 is 18.1 Å². The summed E-state index contributed by atoms with van der Waals surface area (Å²) in [4.78, 5) is 24.1.